The topological polar surface area (TPSA) is 108 Å². The van der Waals surface area contributed by atoms with Gasteiger partial charge in [0.15, 0.2) is 0 Å². The molecule has 2 aromatic heterocycles. The average Bonchev–Trinajstić information content (AvgIpc) is 3.31. The number of pyridine rings is 1. The Morgan fingerprint density at radius 2 is 1.76 bits per heavy atom. The van der Waals surface area contributed by atoms with Gasteiger partial charge < -0.3 is 15.2 Å². The molecule has 0 aliphatic rings. The number of anilines is 2. The number of esters is 1. The van der Waals surface area contributed by atoms with E-state index in [2.05, 4.69) is 16.9 Å². The van der Waals surface area contributed by atoms with Crippen LogP contribution >= 0.6 is 11.3 Å². The minimum Gasteiger partial charge on any atom is -0.426 e. The number of hydrogen-bond donors (Lipinski definition) is 1. The number of thiazole rings is 1. The molecule has 13 heteroatoms. The molecule has 0 bridgehead atoms. The normalized spacial score (nSPS) is 11.8. The van der Waals surface area contributed by atoms with Crippen LogP contribution in [0.2, 0.25) is 0 Å². The molecule has 0 radical (unpaired) electrons. The van der Waals surface area contributed by atoms with Gasteiger partial charge in [-0.2, -0.15) is 17.6 Å². The Bertz CT molecular complexity index is 1340. The molecule has 0 aliphatic heterocycles. The van der Waals surface area contributed by atoms with E-state index in [1.54, 1.807) is 12.1 Å². The first-order chi connectivity index (χ1) is 19.8. The highest BCUT2D eigenvalue weighted by Crippen LogP contribution is 2.40. The number of alkyl halides is 3. The third-order valence-electron chi connectivity index (χ3n) is 6.24. The SMILES string of the molecule is CCCCCCCCc1ccc(N(C(=O)OCOC(=O)C(C)(C)N)c2nc(-c3cccnc3)c(F)s2)cc1C(F)(F)F. The molecule has 0 fully saturated rings. The second kappa shape index (κ2) is 14.5. The summed E-state index contributed by atoms with van der Waals surface area (Å²) in [6, 6.07) is 6.54. The van der Waals surface area contributed by atoms with Crippen LogP contribution in [-0.2, 0) is 26.9 Å². The number of aromatic nitrogens is 2. The smallest absolute Gasteiger partial charge is 0.423 e. The molecule has 1 amide bonds. The number of unbranched alkanes of at least 4 members (excludes halogenated alkanes) is 5. The number of aryl methyl sites for hydroxylation is 1. The summed E-state index contributed by atoms with van der Waals surface area (Å²) in [5, 5.41) is -1.08. The Morgan fingerprint density at radius 1 is 1.05 bits per heavy atom. The minimum atomic E-state index is -4.72. The number of nitrogens with zero attached hydrogens (tertiary/aromatic N) is 3. The van der Waals surface area contributed by atoms with Gasteiger partial charge in [0.2, 0.25) is 17.1 Å². The largest absolute Gasteiger partial charge is 0.426 e. The molecular weight excluding hydrogens is 576 g/mol. The molecule has 228 valence electrons. The van der Waals surface area contributed by atoms with E-state index in [9.17, 15) is 27.2 Å². The van der Waals surface area contributed by atoms with Crippen molar-refractivity contribution in [1.29, 1.82) is 0 Å². The van der Waals surface area contributed by atoms with Gasteiger partial charge in [0.1, 0.15) is 11.2 Å². The number of halogens is 4. The van der Waals surface area contributed by atoms with Crippen molar-refractivity contribution in [1.82, 2.24) is 9.97 Å². The Labute approximate surface area is 245 Å². The Hall–Kier alpha value is -3.58. The van der Waals surface area contributed by atoms with E-state index in [4.69, 9.17) is 15.2 Å². The van der Waals surface area contributed by atoms with Gasteiger partial charge in [-0.1, -0.05) is 56.4 Å². The fourth-order valence-electron chi connectivity index (χ4n) is 4.03. The molecule has 42 heavy (non-hydrogen) atoms. The maximum atomic E-state index is 15.0. The Balaban J connectivity index is 1.95. The predicted molar refractivity (Wildman–Crippen MR) is 152 cm³/mol. The average molecular weight is 611 g/mol. The van der Waals surface area contributed by atoms with Crippen molar-refractivity contribution < 1.29 is 36.6 Å². The van der Waals surface area contributed by atoms with Crippen LogP contribution in [0.4, 0.5) is 33.2 Å². The first-order valence-corrected chi connectivity index (χ1v) is 14.3. The highest BCUT2D eigenvalue weighted by Gasteiger charge is 2.35. The number of ether oxygens (including phenoxy) is 2. The van der Waals surface area contributed by atoms with E-state index in [1.165, 1.54) is 38.4 Å². The summed E-state index contributed by atoms with van der Waals surface area (Å²) >= 11 is 0.436. The van der Waals surface area contributed by atoms with Crippen LogP contribution in [0.5, 0.6) is 0 Å². The lowest BCUT2D eigenvalue weighted by molar-refractivity contribution is -0.157. The van der Waals surface area contributed by atoms with Gasteiger partial charge in [-0.15, -0.1) is 0 Å². The highest BCUT2D eigenvalue weighted by atomic mass is 32.1. The summed E-state index contributed by atoms with van der Waals surface area (Å²) in [4.78, 5) is 34.0. The number of hydrogen-bond acceptors (Lipinski definition) is 8. The van der Waals surface area contributed by atoms with Crippen LogP contribution in [0.1, 0.15) is 70.4 Å². The molecule has 8 nitrogen and oxygen atoms in total. The van der Waals surface area contributed by atoms with Gasteiger partial charge in [0.25, 0.3) is 0 Å². The number of carbonyl (C=O) groups is 2. The third-order valence-corrected chi connectivity index (χ3v) is 7.07. The summed E-state index contributed by atoms with van der Waals surface area (Å²) in [7, 11) is 0. The summed E-state index contributed by atoms with van der Waals surface area (Å²) in [6.07, 6.45) is 2.57. The number of carbonyl (C=O) groups excluding carboxylic acids is 2. The molecule has 0 saturated heterocycles. The van der Waals surface area contributed by atoms with Crippen LogP contribution in [0.25, 0.3) is 11.3 Å². The van der Waals surface area contributed by atoms with E-state index < -0.39 is 41.3 Å². The fourth-order valence-corrected chi connectivity index (χ4v) is 4.86. The second-order valence-corrected chi connectivity index (χ2v) is 11.2. The zero-order chi connectivity index (χ0) is 30.9. The number of amides is 1. The third kappa shape index (κ3) is 8.96. The molecule has 0 aliphatic carbocycles. The maximum absolute atomic E-state index is 15.0. The number of benzene rings is 1. The van der Waals surface area contributed by atoms with Crippen molar-refractivity contribution in [3.8, 4) is 11.3 Å². The van der Waals surface area contributed by atoms with Gasteiger partial charge in [-0.3, -0.25) is 4.98 Å². The van der Waals surface area contributed by atoms with Crippen LogP contribution < -0.4 is 10.6 Å². The van der Waals surface area contributed by atoms with Crippen molar-refractivity contribution in [2.45, 2.75) is 77.4 Å². The summed E-state index contributed by atoms with van der Waals surface area (Å²) in [5.41, 5.74) is 3.34. The zero-order valence-electron chi connectivity index (χ0n) is 23.7. The molecule has 2 N–H and O–H groups in total. The molecule has 0 atom stereocenters. The monoisotopic (exact) mass is 610 g/mol. The quantitative estimate of drug-likeness (QED) is 0.0911. The fraction of sp³-hybridized carbons (Fsp3) is 0.448. The number of nitrogens with two attached hydrogens (primary N) is 1. The molecular formula is C29H34F4N4O4S. The van der Waals surface area contributed by atoms with E-state index in [0.717, 1.165) is 38.2 Å². The second-order valence-electron chi connectivity index (χ2n) is 10.2. The van der Waals surface area contributed by atoms with Crippen molar-refractivity contribution in [3.63, 3.8) is 0 Å². The minimum absolute atomic E-state index is 0.0792. The lowest BCUT2D eigenvalue weighted by Gasteiger charge is -2.22. The van der Waals surface area contributed by atoms with Crippen LogP contribution in [0, 0.1) is 5.13 Å². The molecule has 3 rings (SSSR count). The molecule has 2 heterocycles. The van der Waals surface area contributed by atoms with Crippen molar-refractivity contribution in [2.24, 2.45) is 5.73 Å². The van der Waals surface area contributed by atoms with E-state index in [0.29, 0.717) is 28.2 Å². The van der Waals surface area contributed by atoms with Gasteiger partial charge in [0, 0.05) is 18.0 Å². The molecule has 3 aromatic rings. The molecule has 1 aromatic carbocycles. The van der Waals surface area contributed by atoms with Gasteiger partial charge >= 0.3 is 18.2 Å². The van der Waals surface area contributed by atoms with Gasteiger partial charge in [0.05, 0.1) is 11.3 Å². The lowest BCUT2D eigenvalue weighted by Crippen LogP contribution is -2.43. The van der Waals surface area contributed by atoms with E-state index >= 15 is 0 Å². The van der Waals surface area contributed by atoms with Crippen molar-refractivity contribution in [2.75, 3.05) is 11.7 Å². The molecule has 0 unspecified atom stereocenters. The van der Waals surface area contributed by atoms with Crippen LogP contribution in [0.3, 0.4) is 0 Å². The van der Waals surface area contributed by atoms with Crippen molar-refractivity contribution >= 4 is 34.2 Å². The zero-order valence-corrected chi connectivity index (χ0v) is 24.5. The number of rotatable bonds is 13. The van der Waals surface area contributed by atoms with Crippen LogP contribution in [-0.4, -0.2) is 34.4 Å². The van der Waals surface area contributed by atoms with E-state index in [1.807, 2.05) is 0 Å². The molecule has 0 saturated carbocycles. The van der Waals surface area contributed by atoms with Crippen molar-refractivity contribution in [3.05, 3.63) is 59.0 Å². The Kier molecular flexibility index (Phi) is 11.4. The first-order valence-electron chi connectivity index (χ1n) is 13.5. The van der Waals surface area contributed by atoms with Gasteiger partial charge in [-0.05, 0) is 56.5 Å². The van der Waals surface area contributed by atoms with E-state index in [-0.39, 0.29) is 28.5 Å². The standard InChI is InChI=1S/C29H34F4N4O4S/c1-4-5-6-7-8-9-11-19-13-14-21(16-22(19)29(31,32)33)37(27(39)41-18-40-25(38)28(2,3)34)26-36-23(24(30)42-26)20-12-10-15-35-17-20/h10,12-17H,4-9,11,18,34H2,1-3H3. The Morgan fingerprint density at radius 3 is 2.40 bits per heavy atom. The summed E-state index contributed by atoms with van der Waals surface area (Å²) < 4.78 is 67.4. The summed E-state index contributed by atoms with van der Waals surface area (Å²) in [6.45, 7) is 3.98. The van der Waals surface area contributed by atoms with Crippen LogP contribution in [0.15, 0.2) is 42.7 Å². The summed E-state index contributed by atoms with van der Waals surface area (Å²) in [5.74, 6) is -0.876. The predicted octanol–water partition coefficient (Wildman–Crippen LogP) is 7.78. The highest BCUT2D eigenvalue weighted by molar-refractivity contribution is 7.14. The lowest BCUT2D eigenvalue weighted by atomic mass is 9.99. The maximum Gasteiger partial charge on any atom is 0.423 e. The first kappa shape index (κ1) is 32.9. The van der Waals surface area contributed by atoms with Gasteiger partial charge in [-0.25, -0.2) is 19.5 Å². The molecule has 0 spiro atoms.